The first-order valence-electron chi connectivity index (χ1n) is 7.01. The summed E-state index contributed by atoms with van der Waals surface area (Å²) >= 11 is 0. The van der Waals surface area contributed by atoms with Gasteiger partial charge in [-0.2, -0.15) is 8.42 Å². The van der Waals surface area contributed by atoms with Gasteiger partial charge in [-0.05, 0) is 0 Å². The van der Waals surface area contributed by atoms with Crippen molar-refractivity contribution in [3.8, 4) is 0 Å². The zero-order valence-corrected chi connectivity index (χ0v) is 13.0. The third kappa shape index (κ3) is 24.9. The molecule has 0 atom stereocenters. The summed E-state index contributed by atoms with van der Waals surface area (Å²) in [6.45, 7) is 4.56. The van der Waals surface area contributed by atoms with Gasteiger partial charge in [0.1, 0.15) is 0 Å². The lowest BCUT2D eigenvalue weighted by molar-refractivity contribution is 0.324. The summed E-state index contributed by atoms with van der Waals surface area (Å²) in [5, 5.41) is 0. The average molecular weight is 282 g/mol. The van der Waals surface area contributed by atoms with Crippen molar-refractivity contribution < 1.29 is 17.2 Å². The Morgan fingerprint density at radius 2 is 1.00 bits per heavy atom. The van der Waals surface area contributed by atoms with Crippen molar-refractivity contribution in [3.63, 3.8) is 0 Å². The predicted molar refractivity (Wildman–Crippen MR) is 76.1 cm³/mol. The molecule has 0 rings (SSSR count). The first-order valence-corrected chi connectivity index (χ1v) is 8.37. The van der Waals surface area contributed by atoms with Gasteiger partial charge in [0, 0.05) is 0 Å². The molecule has 0 saturated carbocycles. The summed E-state index contributed by atoms with van der Waals surface area (Å²) in [7, 11) is -3.29. The van der Waals surface area contributed by atoms with Crippen LogP contribution in [0.2, 0.25) is 0 Å². The first-order chi connectivity index (χ1) is 8.47. The van der Waals surface area contributed by atoms with E-state index in [-0.39, 0.29) is 0 Å². The smallest absolute Gasteiger partial charge is 0.264 e. The summed E-state index contributed by atoms with van der Waals surface area (Å²) in [5.41, 5.74) is 0. The van der Waals surface area contributed by atoms with Crippen LogP contribution in [0.4, 0.5) is 0 Å². The van der Waals surface area contributed by atoms with E-state index in [1.54, 1.807) is 0 Å². The van der Waals surface area contributed by atoms with Gasteiger partial charge >= 0.3 is 10.4 Å². The normalized spacial score (nSPS) is 10.9. The average Bonchev–Trinajstić information content (AvgIpc) is 2.33. The molecule has 0 bridgehead atoms. The molecule has 0 aliphatic rings. The molecule has 0 heterocycles. The second kappa shape index (κ2) is 14.9. The van der Waals surface area contributed by atoms with E-state index in [4.69, 9.17) is 4.55 Å². The van der Waals surface area contributed by atoms with Crippen molar-refractivity contribution >= 4 is 10.4 Å². The van der Waals surface area contributed by atoms with Crippen molar-refractivity contribution in [1.29, 1.82) is 0 Å². The SMILES string of the molecule is CCCCCCCCCCCC.COS(=O)(=O)O. The van der Waals surface area contributed by atoms with Gasteiger partial charge in [-0.25, -0.2) is 0 Å². The molecular formula is C13H30O4S. The van der Waals surface area contributed by atoms with Crippen LogP contribution in [0.25, 0.3) is 0 Å². The molecule has 0 unspecified atom stereocenters. The third-order valence-corrected chi connectivity index (χ3v) is 3.09. The van der Waals surface area contributed by atoms with Gasteiger partial charge in [-0.15, -0.1) is 0 Å². The molecule has 1 N–H and O–H groups in total. The van der Waals surface area contributed by atoms with Crippen LogP contribution in [-0.2, 0) is 14.6 Å². The largest absolute Gasteiger partial charge is 0.397 e. The van der Waals surface area contributed by atoms with Gasteiger partial charge in [0.25, 0.3) is 0 Å². The Bertz CT molecular complexity index is 227. The molecule has 0 aromatic rings. The highest BCUT2D eigenvalue weighted by molar-refractivity contribution is 7.80. The maximum atomic E-state index is 9.33. The number of rotatable bonds is 10. The van der Waals surface area contributed by atoms with E-state index < -0.39 is 10.4 Å². The maximum absolute atomic E-state index is 9.33. The molecule has 0 aliphatic heterocycles. The fraction of sp³-hybridized carbons (Fsp3) is 1.00. The molecule has 0 aromatic carbocycles. The van der Waals surface area contributed by atoms with Crippen molar-refractivity contribution in [2.24, 2.45) is 0 Å². The standard InChI is InChI=1S/C12H26.CH4O4S/c1-3-5-7-9-11-12-10-8-6-4-2;1-5-6(2,3)4/h3-12H2,1-2H3;1H3,(H,2,3,4). The Hall–Kier alpha value is -0.130. The van der Waals surface area contributed by atoms with Crippen LogP contribution in [0.1, 0.15) is 78.1 Å². The Balaban J connectivity index is 0. The van der Waals surface area contributed by atoms with E-state index in [1.165, 1.54) is 64.2 Å². The zero-order chi connectivity index (χ0) is 14.3. The predicted octanol–water partition coefficient (Wildman–Crippen LogP) is 4.36. The van der Waals surface area contributed by atoms with Crippen molar-refractivity contribution in [2.45, 2.75) is 78.1 Å². The third-order valence-electron chi connectivity index (χ3n) is 2.67. The van der Waals surface area contributed by atoms with Crippen molar-refractivity contribution in [1.82, 2.24) is 0 Å². The molecule has 0 saturated heterocycles. The van der Waals surface area contributed by atoms with E-state index in [0.717, 1.165) is 7.11 Å². The molecule has 0 fully saturated rings. The van der Waals surface area contributed by atoms with Crippen molar-refractivity contribution in [2.75, 3.05) is 7.11 Å². The molecule has 112 valence electrons. The minimum absolute atomic E-state index is 0.870. The van der Waals surface area contributed by atoms with Gasteiger partial charge in [0.15, 0.2) is 0 Å². The highest BCUT2D eigenvalue weighted by Crippen LogP contribution is 2.09. The van der Waals surface area contributed by atoms with Crippen LogP contribution in [0.5, 0.6) is 0 Å². The van der Waals surface area contributed by atoms with Gasteiger partial charge < -0.3 is 0 Å². The Labute approximate surface area is 113 Å². The van der Waals surface area contributed by atoms with Crippen LogP contribution >= 0.6 is 0 Å². The van der Waals surface area contributed by atoms with Gasteiger partial charge in [0.05, 0.1) is 7.11 Å². The van der Waals surface area contributed by atoms with Crippen LogP contribution in [0.3, 0.4) is 0 Å². The number of unbranched alkanes of at least 4 members (excludes halogenated alkanes) is 9. The Morgan fingerprint density at radius 3 is 1.17 bits per heavy atom. The first kappa shape index (κ1) is 20.2. The van der Waals surface area contributed by atoms with Gasteiger partial charge in [0.2, 0.25) is 0 Å². The summed E-state index contributed by atoms with van der Waals surface area (Å²) in [6.07, 6.45) is 14.4. The Kier molecular flexibility index (Phi) is 16.7. The molecule has 18 heavy (non-hydrogen) atoms. The molecule has 0 radical (unpaired) electrons. The molecule has 4 nitrogen and oxygen atoms in total. The quantitative estimate of drug-likeness (QED) is 0.477. The summed E-state index contributed by atoms with van der Waals surface area (Å²) in [4.78, 5) is 0. The monoisotopic (exact) mass is 282 g/mol. The second-order valence-corrected chi connectivity index (χ2v) is 5.61. The summed E-state index contributed by atoms with van der Waals surface area (Å²) < 4.78 is 29.7. The highest BCUT2D eigenvalue weighted by Gasteiger charge is 1.94. The van der Waals surface area contributed by atoms with Gasteiger partial charge in [-0.3, -0.25) is 8.74 Å². The summed E-state index contributed by atoms with van der Waals surface area (Å²) in [5.74, 6) is 0. The van der Waals surface area contributed by atoms with Crippen LogP contribution in [-0.4, -0.2) is 20.1 Å². The second-order valence-electron chi connectivity index (χ2n) is 4.42. The topological polar surface area (TPSA) is 63.6 Å². The molecule has 0 amide bonds. The van der Waals surface area contributed by atoms with Crippen LogP contribution in [0.15, 0.2) is 0 Å². The van der Waals surface area contributed by atoms with Crippen LogP contribution < -0.4 is 0 Å². The van der Waals surface area contributed by atoms with E-state index >= 15 is 0 Å². The zero-order valence-electron chi connectivity index (χ0n) is 12.2. The van der Waals surface area contributed by atoms with Gasteiger partial charge in [-0.1, -0.05) is 78.1 Å². The molecular weight excluding hydrogens is 252 g/mol. The van der Waals surface area contributed by atoms with E-state index in [0.29, 0.717) is 0 Å². The Morgan fingerprint density at radius 1 is 0.778 bits per heavy atom. The lowest BCUT2D eigenvalue weighted by Crippen LogP contribution is -1.96. The fourth-order valence-corrected chi connectivity index (χ4v) is 1.56. The fourth-order valence-electron chi connectivity index (χ4n) is 1.56. The summed E-state index contributed by atoms with van der Waals surface area (Å²) in [6, 6.07) is 0. The van der Waals surface area contributed by atoms with E-state index in [1.807, 2.05) is 0 Å². The van der Waals surface area contributed by atoms with E-state index in [9.17, 15) is 8.42 Å². The molecule has 0 aliphatic carbocycles. The van der Waals surface area contributed by atoms with Crippen molar-refractivity contribution in [3.05, 3.63) is 0 Å². The lowest BCUT2D eigenvalue weighted by Gasteiger charge is -1.99. The number of hydrogen-bond donors (Lipinski definition) is 1. The highest BCUT2D eigenvalue weighted by atomic mass is 32.3. The number of hydrogen-bond acceptors (Lipinski definition) is 3. The van der Waals surface area contributed by atoms with Crippen LogP contribution in [0, 0.1) is 0 Å². The maximum Gasteiger partial charge on any atom is 0.397 e. The minimum Gasteiger partial charge on any atom is -0.264 e. The lowest BCUT2D eigenvalue weighted by atomic mass is 10.1. The molecule has 5 heteroatoms. The minimum atomic E-state index is -4.16. The molecule has 0 spiro atoms. The molecule has 0 aromatic heterocycles. The van der Waals surface area contributed by atoms with E-state index in [2.05, 4.69) is 18.0 Å².